The Morgan fingerprint density at radius 2 is 2.37 bits per heavy atom. The van der Waals surface area contributed by atoms with Crippen molar-refractivity contribution in [1.29, 1.82) is 0 Å². The van der Waals surface area contributed by atoms with Crippen molar-refractivity contribution >= 4 is 17.5 Å². The molecule has 0 spiro atoms. The second-order valence-corrected chi connectivity index (χ2v) is 4.75. The summed E-state index contributed by atoms with van der Waals surface area (Å²) in [5.74, 6) is 0.978. The summed E-state index contributed by atoms with van der Waals surface area (Å²) in [4.78, 5) is 22.1. The fourth-order valence-corrected chi connectivity index (χ4v) is 1.99. The molecule has 1 fully saturated rings. The zero-order valence-corrected chi connectivity index (χ0v) is 11.2. The highest BCUT2D eigenvalue weighted by atomic mass is 16.5. The van der Waals surface area contributed by atoms with Gasteiger partial charge in [0.05, 0.1) is 13.2 Å². The highest BCUT2D eigenvalue weighted by Crippen LogP contribution is 2.18. The number of nitrogens with zero attached hydrogens (tertiary/aromatic N) is 3. The molecular formula is C12H19N5O2. The van der Waals surface area contributed by atoms with Crippen LogP contribution in [0.4, 0.5) is 11.6 Å². The van der Waals surface area contributed by atoms with Gasteiger partial charge in [-0.2, -0.15) is 0 Å². The highest BCUT2D eigenvalue weighted by Gasteiger charge is 2.30. The molecule has 0 bridgehead atoms. The Bertz CT molecular complexity index is 452. The van der Waals surface area contributed by atoms with E-state index in [4.69, 9.17) is 10.5 Å². The molecule has 1 atom stereocenters. The Kier molecular flexibility index (Phi) is 4.16. The average Bonchev–Trinajstić information content (AvgIpc) is 2.38. The maximum atomic E-state index is 12.2. The van der Waals surface area contributed by atoms with E-state index in [1.807, 2.05) is 18.7 Å². The van der Waals surface area contributed by atoms with Crippen molar-refractivity contribution in [1.82, 2.24) is 15.3 Å². The van der Waals surface area contributed by atoms with Crippen molar-refractivity contribution in [2.45, 2.75) is 25.9 Å². The standard InChI is InChI=1S/C12H19N5O2/c1-8(2)16-12(18)9-6-19-4-3-17(9)11-5-10(13)14-7-15-11/h5,7-9H,3-4,6H2,1-2H3,(H,16,18)(H2,13,14,15). The number of carbonyl (C=O) groups excluding carboxylic acids is 1. The minimum Gasteiger partial charge on any atom is -0.384 e. The number of morpholine rings is 1. The van der Waals surface area contributed by atoms with Crippen LogP contribution in [0.5, 0.6) is 0 Å². The lowest BCUT2D eigenvalue weighted by Gasteiger charge is -2.35. The predicted octanol–water partition coefficient (Wildman–Crippen LogP) is -0.211. The first-order valence-corrected chi connectivity index (χ1v) is 6.30. The number of hydrogen-bond donors (Lipinski definition) is 2. The molecule has 1 saturated heterocycles. The van der Waals surface area contributed by atoms with Crippen molar-refractivity contribution in [3.8, 4) is 0 Å². The normalized spacial score (nSPS) is 19.5. The van der Waals surface area contributed by atoms with Crippen LogP contribution in [-0.4, -0.2) is 47.7 Å². The molecule has 1 unspecified atom stereocenters. The van der Waals surface area contributed by atoms with E-state index >= 15 is 0 Å². The Hall–Kier alpha value is -1.89. The molecule has 2 heterocycles. The zero-order chi connectivity index (χ0) is 13.8. The Morgan fingerprint density at radius 3 is 3.05 bits per heavy atom. The quantitative estimate of drug-likeness (QED) is 0.785. The Labute approximate surface area is 112 Å². The summed E-state index contributed by atoms with van der Waals surface area (Å²) in [5.41, 5.74) is 5.66. The van der Waals surface area contributed by atoms with Crippen LogP contribution in [0.1, 0.15) is 13.8 Å². The van der Waals surface area contributed by atoms with Gasteiger partial charge in [0.15, 0.2) is 0 Å². The minimum absolute atomic E-state index is 0.0631. The number of ether oxygens (including phenoxy) is 1. The molecular weight excluding hydrogens is 246 g/mol. The molecule has 3 N–H and O–H groups in total. The van der Waals surface area contributed by atoms with E-state index < -0.39 is 0 Å². The molecule has 0 radical (unpaired) electrons. The van der Waals surface area contributed by atoms with Gasteiger partial charge in [0.2, 0.25) is 5.91 Å². The number of anilines is 2. The number of carbonyl (C=O) groups is 1. The molecule has 0 saturated carbocycles. The van der Waals surface area contributed by atoms with E-state index in [1.54, 1.807) is 6.07 Å². The van der Waals surface area contributed by atoms with Crippen molar-refractivity contribution in [2.75, 3.05) is 30.4 Å². The third kappa shape index (κ3) is 3.31. The fourth-order valence-electron chi connectivity index (χ4n) is 1.99. The van der Waals surface area contributed by atoms with Crippen molar-refractivity contribution in [3.63, 3.8) is 0 Å². The summed E-state index contributed by atoms with van der Waals surface area (Å²) >= 11 is 0. The largest absolute Gasteiger partial charge is 0.384 e. The van der Waals surface area contributed by atoms with E-state index in [0.29, 0.717) is 31.4 Å². The first kappa shape index (κ1) is 13.5. The van der Waals surface area contributed by atoms with Crippen LogP contribution in [0.2, 0.25) is 0 Å². The molecule has 1 aromatic heterocycles. The van der Waals surface area contributed by atoms with Crippen LogP contribution >= 0.6 is 0 Å². The summed E-state index contributed by atoms with van der Waals surface area (Å²) in [5, 5.41) is 2.89. The lowest BCUT2D eigenvalue weighted by atomic mass is 10.2. The smallest absolute Gasteiger partial charge is 0.245 e. The van der Waals surface area contributed by atoms with Gasteiger partial charge in [-0.15, -0.1) is 0 Å². The van der Waals surface area contributed by atoms with Gasteiger partial charge < -0.3 is 20.7 Å². The van der Waals surface area contributed by atoms with Crippen LogP contribution in [-0.2, 0) is 9.53 Å². The third-order valence-electron chi connectivity index (χ3n) is 2.83. The van der Waals surface area contributed by atoms with Crippen LogP contribution < -0.4 is 16.0 Å². The summed E-state index contributed by atoms with van der Waals surface area (Å²) < 4.78 is 5.39. The van der Waals surface area contributed by atoms with Gasteiger partial charge in [-0.3, -0.25) is 4.79 Å². The van der Waals surface area contributed by atoms with Gasteiger partial charge in [0.1, 0.15) is 24.0 Å². The fraction of sp³-hybridized carbons (Fsp3) is 0.583. The van der Waals surface area contributed by atoms with E-state index in [9.17, 15) is 4.79 Å². The topological polar surface area (TPSA) is 93.4 Å². The molecule has 1 aliphatic rings. The van der Waals surface area contributed by atoms with Gasteiger partial charge in [-0.25, -0.2) is 9.97 Å². The zero-order valence-electron chi connectivity index (χ0n) is 11.2. The summed E-state index contributed by atoms with van der Waals surface area (Å²) in [6.45, 7) is 5.37. The van der Waals surface area contributed by atoms with Crippen LogP contribution in [0.25, 0.3) is 0 Å². The number of hydrogen-bond acceptors (Lipinski definition) is 6. The highest BCUT2D eigenvalue weighted by molar-refractivity contribution is 5.85. The van der Waals surface area contributed by atoms with Gasteiger partial charge in [0.25, 0.3) is 0 Å². The van der Waals surface area contributed by atoms with Crippen LogP contribution in [0, 0.1) is 0 Å². The Morgan fingerprint density at radius 1 is 1.58 bits per heavy atom. The number of nitrogens with one attached hydrogen (secondary N) is 1. The maximum absolute atomic E-state index is 12.2. The summed E-state index contributed by atoms with van der Waals surface area (Å²) in [6.07, 6.45) is 1.40. The molecule has 7 nitrogen and oxygen atoms in total. The van der Waals surface area contributed by atoms with E-state index in [2.05, 4.69) is 15.3 Å². The predicted molar refractivity (Wildman–Crippen MR) is 71.7 cm³/mol. The van der Waals surface area contributed by atoms with Gasteiger partial charge in [0, 0.05) is 18.7 Å². The number of amides is 1. The first-order chi connectivity index (χ1) is 9.08. The van der Waals surface area contributed by atoms with E-state index in [-0.39, 0.29) is 18.0 Å². The third-order valence-corrected chi connectivity index (χ3v) is 2.83. The van der Waals surface area contributed by atoms with Crippen molar-refractivity contribution < 1.29 is 9.53 Å². The lowest BCUT2D eigenvalue weighted by Crippen LogP contribution is -2.55. The summed E-state index contributed by atoms with van der Waals surface area (Å²) in [6, 6.07) is 1.37. The van der Waals surface area contributed by atoms with Crippen LogP contribution in [0.15, 0.2) is 12.4 Å². The number of nitrogens with two attached hydrogens (primary N) is 1. The number of nitrogen functional groups attached to an aromatic ring is 1. The number of rotatable bonds is 3. The van der Waals surface area contributed by atoms with Crippen molar-refractivity contribution in [3.05, 3.63) is 12.4 Å². The molecule has 7 heteroatoms. The van der Waals surface area contributed by atoms with Gasteiger partial charge >= 0.3 is 0 Å². The van der Waals surface area contributed by atoms with E-state index in [1.165, 1.54) is 6.33 Å². The van der Waals surface area contributed by atoms with Gasteiger partial charge in [-0.05, 0) is 13.8 Å². The van der Waals surface area contributed by atoms with Crippen molar-refractivity contribution in [2.24, 2.45) is 0 Å². The van der Waals surface area contributed by atoms with Crippen LogP contribution in [0.3, 0.4) is 0 Å². The molecule has 19 heavy (non-hydrogen) atoms. The molecule has 1 amide bonds. The SMILES string of the molecule is CC(C)NC(=O)C1COCCN1c1cc(N)ncn1. The first-order valence-electron chi connectivity index (χ1n) is 6.30. The maximum Gasteiger partial charge on any atom is 0.245 e. The monoisotopic (exact) mass is 265 g/mol. The van der Waals surface area contributed by atoms with Gasteiger partial charge in [-0.1, -0.05) is 0 Å². The molecule has 0 aliphatic carbocycles. The molecule has 1 aliphatic heterocycles. The Balaban J connectivity index is 2.18. The second kappa shape index (κ2) is 5.83. The molecule has 0 aromatic carbocycles. The second-order valence-electron chi connectivity index (χ2n) is 4.75. The molecule has 2 rings (SSSR count). The molecule has 104 valence electrons. The summed E-state index contributed by atoms with van der Waals surface area (Å²) in [7, 11) is 0. The lowest BCUT2D eigenvalue weighted by molar-refractivity contribution is -0.125. The molecule has 1 aromatic rings. The average molecular weight is 265 g/mol. The van der Waals surface area contributed by atoms with E-state index in [0.717, 1.165) is 0 Å². The number of aromatic nitrogens is 2. The minimum atomic E-state index is -0.384.